The monoisotopic (exact) mass is 645 g/mol. The summed E-state index contributed by atoms with van der Waals surface area (Å²) in [5.74, 6) is 0. The second-order valence-electron chi connectivity index (χ2n) is 13.0. The van der Waals surface area contributed by atoms with Crippen LogP contribution >= 0.6 is 0 Å². The average molecular weight is 646 g/mol. The summed E-state index contributed by atoms with van der Waals surface area (Å²) in [7, 11) is 0. The quantitative estimate of drug-likeness (QED) is 0.192. The van der Waals surface area contributed by atoms with E-state index in [0.29, 0.717) is 16.7 Å². The molecular formula is C48H27N3. The molecule has 0 atom stereocenters. The smallest absolute Gasteiger partial charge is 0.0991 e. The summed E-state index contributed by atoms with van der Waals surface area (Å²) < 4.78 is 0. The van der Waals surface area contributed by atoms with Gasteiger partial charge in [-0.2, -0.15) is 15.8 Å². The normalized spacial score (nSPS) is 12.7. The lowest BCUT2D eigenvalue weighted by Gasteiger charge is -2.36. The summed E-state index contributed by atoms with van der Waals surface area (Å²) in [6.45, 7) is 0. The minimum atomic E-state index is -0.687. The highest BCUT2D eigenvalue weighted by Crippen LogP contribution is 2.61. The van der Waals surface area contributed by atoms with E-state index in [2.05, 4.69) is 109 Å². The molecule has 0 aliphatic heterocycles. The average Bonchev–Trinajstić information content (AvgIpc) is 3.42. The van der Waals surface area contributed by atoms with Gasteiger partial charge in [-0.25, -0.2) is 0 Å². The number of benzene rings is 7. The molecule has 51 heavy (non-hydrogen) atoms. The summed E-state index contributed by atoms with van der Waals surface area (Å²) in [6, 6.07) is 59.1. The molecule has 234 valence electrons. The maximum Gasteiger partial charge on any atom is 0.0991 e. The van der Waals surface area contributed by atoms with Crippen LogP contribution < -0.4 is 0 Å². The molecule has 0 aromatic heterocycles. The van der Waals surface area contributed by atoms with Crippen LogP contribution in [0.2, 0.25) is 0 Å². The summed E-state index contributed by atoms with van der Waals surface area (Å²) in [4.78, 5) is 0. The third-order valence-electron chi connectivity index (χ3n) is 10.4. The predicted molar refractivity (Wildman–Crippen MR) is 203 cm³/mol. The lowest BCUT2D eigenvalue weighted by molar-refractivity contribution is 0.767. The van der Waals surface area contributed by atoms with Gasteiger partial charge >= 0.3 is 0 Å². The minimum Gasteiger partial charge on any atom is -0.192 e. The van der Waals surface area contributed by atoms with E-state index in [1.807, 2.05) is 72.8 Å². The third kappa shape index (κ3) is 4.56. The highest BCUT2D eigenvalue weighted by atomic mass is 14.5. The Morgan fingerprint density at radius 3 is 1.29 bits per heavy atom. The van der Waals surface area contributed by atoms with E-state index < -0.39 is 5.41 Å². The van der Waals surface area contributed by atoms with Gasteiger partial charge in [-0.15, -0.1) is 0 Å². The molecule has 7 aromatic rings. The van der Waals surface area contributed by atoms with Crippen molar-refractivity contribution in [1.82, 2.24) is 0 Å². The van der Waals surface area contributed by atoms with Crippen molar-refractivity contribution in [3.8, 4) is 62.7 Å². The van der Waals surface area contributed by atoms with Gasteiger partial charge in [0.05, 0.1) is 40.3 Å². The number of rotatable bonds is 3. The molecule has 2 aliphatic rings. The number of nitrogens with zero attached hydrogens (tertiary/aromatic N) is 3. The Kier molecular flexibility index (Phi) is 6.86. The molecule has 0 amide bonds. The van der Waals surface area contributed by atoms with Gasteiger partial charge in [0.15, 0.2) is 0 Å². The van der Waals surface area contributed by atoms with Crippen molar-refractivity contribution in [2.75, 3.05) is 0 Å². The Hall–Kier alpha value is -7.25. The first-order chi connectivity index (χ1) is 25.1. The van der Waals surface area contributed by atoms with Crippen LogP contribution in [0.4, 0.5) is 0 Å². The molecule has 2 aliphatic carbocycles. The molecule has 0 saturated carbocycles. The molecule has 0 saturated heterocycles. The van der Waals surface area contributed by atoms with Crippen molar-refractivity contribution in [2.45, 2.75) is 5.41 Å². The van der Waals surface area contributed by atoms with E-state index in [-0.39, 0.29) is 0 Å². The lowest BCUT2D eigenvalue weighted by Crippen LogP contribution is -2.30. The van der Waals surface area contributed by atoms with Gasteiger partial charge in [-0.05, 0) is 126 Å². The largest absolute Gasteiger partial charge is 0.192 e. The third-order valence-corrected chi connectivity index (χ3v) is 10.4. The molecule has 1 spiro atoms. The Bertz CT molecular complexity index is 2580. The molecule has 0 fully saturated rings. The van der Waals surface area contributed by atoms with Gasteiger partial charge in [0, 0.05) is 0 Å². The summed E-state index contributed by atoms with van der Waals surface area (Å²) in [5, 5.41) is 28.5. The molecule has 3 nitrogen and oxygen atoms in total. The van der Waals surface area contributed by atoms with Gasteiger partial charge in [-0.3, -0.25) is 0 Å². The van der Waals surface area contributed by atoms with Crippen molar-refractivity contribution >= 4 is 12.2 Å². The predicted octanol–water partition coefficient (Wildman–Crippen LogP) is 11.1. The minimum absolute atomic E-state index is 0.631. The molecule has 7 aromatic carbocycles. The summed E-state index contributed by atoms with van der Waals surface area (Å²) >= 11 is 0. The van der Waals surface area contributed by atoms with E-state index in [1.165, 1.54) is 33.4 Å². The van der Waals surface area contributed by atoms with Gasteiger partial charge in [0.1, 0.15) is 0 Å². The number of hydrogen-bond donors (Lipinski definition) is 0. The van der Waals surface area contributed by atoms with E-state index >= 15 is 0 Å². The molecule has 0 unspecified atom stereocenters. The second kappa shape index (κ2) is 11.7. The van der Waals surface area contributed by atoms with E-state index in [1.54, 1.807) is 0 Å². The molecule has 0 heterocycles. The maximum atomic E-state index is 9.54. The second-order valence-corrected chi connectivity index (χ2v) is 13.0. The van der Waals surface area contributed by atoms with E-state index in [0.717, 1.165) is 44.5 Å². The number of hydrogen-bond acceptors (Lipinski definition) is 3. The number of fused-ring (bicyclic) bond motifs is 9. The van der Waals surface area contributed by atoms with Gasteiger partial charge in [0.25, 0.3) is 0 Å². The van der Waals surface area contributed by atoms with E-state index in [4.69, 9.17) is 0 Å². The summed E-state index contributed by atoms with van der Waals surface area (Å²) in [6.07, 6.45) is 4.47. The highest BCUT2D eigenvalue weighted by Gasteiger charge is 2.49. The molecule has 0 N–H and O–H groups in total. The lowest BCUT2D eigenvalue weighted by atomic mass is 9.65. The molecule has 9 rings (SSSR count). The van der Waals surface area contributed by atoms with Gasteiger partial charge in [0.2, 0.25) is 0 Å². The van der Waals surface area contributed by atoms with Crippen molar-refractivity contribution in [3.05, 3.63) is 202 Å². The van der Waals surface area contributed by atoms with Crippen LogP contribution in [0.1, 0.15) is 50.1 Å². The zero-order valence-corrected chi connectivity index (χ0v) is 27.4. The highest BCUT2D eigenvalue weighted by molar-refractivity contribution is 5.98. The van der Waals surface area contributed by atoms with E-state index in [9.17, 15) is 15.8 Å². The SMILES string of the molecule is N#Cc1ccc(-c2ccc3c(c2)C2(c4cc(-c5ccc(C#N)cc5)ccc4C=C3)c3ccccc3-c3c(-c4ccc(C#N)cc4)cccc32)cc1. The fraction of sp³-hybridized carbons (Fsp3) is 0.0208. The Morgan fingerprint density at radius 2 is 0.784 bits per heavy atom. The zero-order chi connectivity index (χ0) is 34.5. The summed E-state index contributed by atoms with van der Waals surface area (Å²) in [5.41, 5.74) is 17.0. The first-order valence-electron chi connectivity index (χ1n) is 16.8. The van der Waals surface area contributed by atoms with Crippen LogP contribution in [-0.4, -0.2) is 0 Å². The van der Waals surface area contributed by atoms with Crippen molar-refractivity contribution in [3.63, 3.8) is 0 Å². The topological polar surface area (TPSA) is 71.4 Å². The van der Waals surface area contributed by atoms with Crippen LogP contribution in [0, 0.1) is 34.0 Å². The van der Waals surface area contributed by atoms with Crippen LogP contribution in [0.3, 0.4) is 0 Å². The first-order valence-corrected chi connectivity index (χ1v) is 16.8. The zero-order valence-electron chi connectivity index (χ0n) is 27.4. The van der Waals surface area contributed by atoms with Gasteiger partial charge in [-0.1, -0.05) is 115 Å². The fourth-order valence-electron chi connectivity index (χ4n) is 8.08. The molecule has 3 heteroatoms. The Labute approximate surface area is 296 Å². The van der Waals surface area contributed by atoms with Crippen LogP contribution in [0.5, 0.6) is 0 Å². The van der Waals surface area contributed by atoms with Crippen LogP contribution in [0.15, 0.2) is 152 Å². The van der Waals surface area contributed by atoms with Crippen LogP contribution in [-0.2, 0) is 5.41 Å². The van der Waals surface area contributed by atoms with Crippen LogP contribution in [0.25, 0.3) is 56.7 Å². The first kappa shape index (κ1) is 29.9. The van der Waals surface area contributed by atoms with Crippen molar-refractivity contribution in [1.29, 1.82) is 15.8 Å². The fourth-order valence-corrected chi connectivity index (χ4v) is 8.08. The Morgan fingerprint density at radius 1 is 0.353 bits per heavy atom. The molecule has 0 radical (unpaired) electrons. The van der Waals surface area contributed by atoms with Crippen molar-refractivity contribution in [2.24, 2.45) is 0 Å². The number of nitriles is 3. The van der Waals surface area contributed by atoms with Gasteiger partial charge < -0.3 is 0 Å². The van der Waals surface area contributed by atoms with Crippen molar-refractivity contribution < 1.29 is 0 Å². The molecule has 0 bridgehead atoms. The standard InChI is InChI=1S/C48H27N3/c49-28-31-8-14-34(15-9-31)39-24-22-37-20-21-38-23-25-40(35-16-10-32(29-50)11-17-35)27-46(38)48(45(37)26-39)43-6-2-1-4-42(43)47-41(5-3-7-44(47)48)36-18-12-33(30-51)13-19-36/h1-27H. The molecular weight excluding hydrogens is 619 g/mol. The Balaban J connectivity index is 1.39. The maximum absolute atomic E-state index is 9.54.